The van der Waals surface area contributed by atoms with Gasteiger partial charge >= 0.3 is 0 Å². The molecular weight excluding hydrogens is 482 g/mol. The number of hydrogen-bond acceptors (Lipinski definition) is 4. The zero-order chi connectivity index (χ0) is 26.8. The predicted molar refractivity (Wildman–Crippen MR) is 158 cm³/mol. The highest BCUT2D eigenvalue weighted by molar-refractivity contribution is 6.11. The second kappa shape index (κ2) is 8.84. The smallest absolute Gasteiger partial charge is 0.219 e. The average Bonchev–Trinajstić information content (AvgIpc) is 3.18. The van der Waals surface area contributed by atoms with Gasteiger partial charge in [-0.3, -0.25) is 4.57 Å². The summed E-state index contributed by atoms with van der Waals surface area (Å²) in [4.78, 5) is 9.65. The molecule has 3 aromatic heterocycles. The fraction of sp³-hybridized carbons (Fsp3) is 0.235. The van der Waals surface area contributed by atoms with Crippen molar-refractivity contribution >= 4 is 32.7 Å². The lowest BCUT2D eigenvalue weighted by atomic mass is 9.78. The Hall–Kier alpha value is -4.38. The number of rotatable bonds is 4. The number of fused-ring (bicyclic) bond motifs is 4. The standard InChI is InChI=1S/C34H31N3O2/c1-19-8-12-26-28(15-19)37(30-16-20(2)14-22(4)35-30)29-18-25(17-27(32(26)29)23-6-5-7-23)39-31-13-11-24-10-9-21(3)34(38)33(24)36-31/h8-18,23,38H,5-7H2,1-4H3. The van der Waals surface area contributed by atoms with E-state index in [-0.39, 0.29) is 5.75 Å². The number of hydrogen-bond donors (Lipinski definition) is 1. The minimum absolute atomic E-state index is 0.194. The van der Waals surface area contributed by atoms with Crippen molar-refractivity contribution in [3.05, 3.63) is 94.7 Å². The van der Waals surface area contributed by atoms with Crippen molar-refractivity contribution < 1.29 is 9.84 Å². The number of aromatic hydroxyl groups is 1. The van der Waals surface area contributed by atoms with Crippen LogP contribution in [-0.2, 0) is 0 Å². The molecule has 6 aromatic rings. The van der Waals surface area contributed by atoms with Crippen LogP contribution in [0.1, 0.15) is 53.1 Å². The molecule has 1 N–H and O–H groups in total. The highest BCUT2D eigenvalue weighted by Crippen LogP contribution is 2.46. The van der Waals surface area contributed by atoms with Crippen LogP contribution in [0.5, 0.6) is 17.4 Å². The van der Waals surface area contributed by atoms with Gasteiger partial charge in [-0.05, 0) is 99.0 Å². The van der Waals surface area contributed by atoms with Gasteiger partial charge in [0.2, 0.25) is 5.88 Å². The molecule has 5 heteroatoms. The van der Waals surface area contributed by atoms with Crippen molar-refractivity contribution in [3.63, 3.8) is 0 Å². The molecule has 194 valence electrons. The first-order valence-electron chi connectivity index (χ1n) is 13.7. The molecule has 0 spiro atoms. The Morgan fingerprint density at radius 1 is 0.821 bits per heavy atom. The summed E-state index contributed by atoms with van der Waals surface area (Å²) in [7, 11) is 0. The van der Waals surface area contributed by atoms with Crippen LogP contribution in [0.3, 0.4) is 0 Å². The van der Waals surface area contributed by atoms with Crippen molar-refractivity contribution in [2.75, 3.05) is 0 Å². The Labute approximate surface area is 227 Å². The number of phenolic OH excluding ortho intramolecular Hbond substituents is 1. The first kappa shape index (κ1) is 23.7. The van der Waals surface area contributed by atoms with Gasteiger partial charge in [0.25, 0.3) is 0 Å². The highest BCUT2D eigenvalue weighted by Gasteiger charge is 2.26. The molecule has 0 saturated heterocycles. The van der Waals surface area contributed by atoms with Crippen molar-refractivity contribution in [3.8, 4) is 23.2 Å². The molecule has 3 heterocycles. The van der Waals surface area contributed by atoms with E-state index in [9.17, 15) is 5.11 Å². The lowest BCUT2D eigenvalue weighted by Gasteiger charge is -2.27. The second-order valence-electron chi connectivity index (χ2n) is 11.1. The normalized spacial score (nSPS) is 13.8. The molecule has 1 aliphatic rings. The van der Waals surface area contributed by atoms with Crippen LogP contribution in [0.4, 0.5) is 0 Å². The summed E-state index contributed by atoms with van der Waals surface area (Å²) in [5.74, 6) is 2.82. The number of phenols is 1. The third kappa shape index (κ3) is 3.92. The first-order valence-corrected chi connectivity index (χ1v) is 13.7. The zero-order valence-corrected chi connectivity index (χ0v) is 22.7. The van der Waals surface area contributed by atoms with Crippen molar-refractivity contribution in [1.82, 2.24) is 14.5 Å². The molecule has 1 aliphatic carbocycles. The van der Waals surface area contributed by atoms with E-state index < -0.39 is 0 Å². The van der Waals surface area contributed by atoms with E-state index in [1.165, 1.54) is 46.7 Å². The van der Waals surface area contributed by atoms with Crippen molar-refractivity contribution in [2.24, 2.45) is 0 Å². The minimum atomic E-state index is 0.194. The van der Waals surface area contributed by atoms with Crippen LogP contribution in [0.15, 0.2) is 66.7 Å². The molecule has 1 fully saturated rings. The van der Waals surface area contributed by atoms with Crippen LogP contribution in [0, 0.1) is 27.7 Å². The Bertz CT molecular complexity index is 1910. The fourth-order valence-corrected chi connectivity index (χ4v) is 5.98. The number of ether oxygens (including phenoxy) is 1. The van der Waals surface area contributed by atoms with Crippen molar-refractivity contribution in [1.29, 1.82) is 0 Å². The summed E-state index contributed by atoms with van der Waals surface area (Å²) in [6, 6.07) is 23.0. The second-order valence-corrected chi connectivity index (χ2v) is 11.1. The SMILES string of the molecule is Cc1cc(C)nc(-n2c3cc(C)ccc3c3c(C4CCC4)cc(Oc4ccc5ccc(C)c(O)c5n4)cc32)c1. The zero-order valence-electron chi connectivity index (χ0n) is 22.7. The van der Waals surface area contributed by atoms with E-state index in [2.05, 4.69) is 65.9 Å². The topological polar surface area (TPSA) is 60.2 Å². The maximum Gasteiger partial charge on any atom is 0.219 e. The average molecular weight is 514 g/mol. The number of aromatic nitrogens is 3. The molecule has 3 aromatic carbocycles. The molecular formula is C34H31N3O2. The monoisotopic (exact) mass is 513 g/mol. The molecule has 39 heavy (non-hydrogen) atoms. The summed E-state index contributed by atoms with van der Waals surface area (Å²) >= 11 is 0. The van der Waals surface area contributed by atoms with E-state index in [1.807, 2.05) is 38.1 Å². The van der Waals surface area contributed by atoms with Crippen LogP contribution in [-0.4, -0.2) is 19.6 Å². The quantitative estimate of drug-likeness (QED) is 0.256. The first-order chi connectivity index (χ1) is 18.9. The molecule has 0 bridgehead atoms. The largest absolute Gasteiger partial charge is 0.505 e. The third-order valence-electron chi connectivity index (χ3n) is 8.12. The highest BCUT2D eigenvalue weighted by atomic mass is 16.5. The lowest BCUT2D eigenvalue weighted by molar-refractivity contribution is 0.418. The molecule has 5 nitrogen and oxygen atoms in total. The van der Waals surface area contributed by atoms with Crippen molar-refractivity contribution in [2.45, 2.75) is 52.9 Å². The minimum Gasteiger partial charge on any atom is -0.505 e. The van der Waals surface area contributed by atoms with Crippen LogP contribution in [0.2, 0.25) is 0 Å². The summed E-state index contributed by atoms with van der Waals surface area (Å²) in [5.41, 5.74) is 8.31. The number of benzene rings is 3. The predicted octanol–water partition coefficient (Wildman–Crippen LogP) is 8.73. The molecule has 0 atom stereocenters. The number of aryl methyl sites for hydroxylation is 4. The van der Waals surface area contributed by atoms with Gasteiger partial charge in [0.05, 0.1) is 11.0 Å². The van der Waals surface area contributed by atoms with Gasteiger partial charge < -0.3 is 9.84 Å². The maximum absolute atomic E-state index is 10.6. The molecule has 1 saturated carbocycles. The third-order valence-corrected chi connectivity index (χ3v) is 8.12. The Morgan fingerprint density at radius 3 is 2.41 bits per heavy atom. The van der Waals surface area contributed by atoms with Gasteiger partial charge in [-0.1, -0.05) is 30.7 Å². The van der Waals surface area contributed by atoms with Crippen LogP contribution >= 0.6 is 0 Å². The fourth-order valence-electron chi connectivity index (χ4n) is 5.98. The van der Waals surface area contributed by atoms with Gasteiger partial charge in [-0.15, -0.1) is 0 Å². The summed E-state index contributed by atoms with van der Waals surface area (Å²) in [6.45, 7) is 8.19. The summed E-state index contributed by atoms with van der Waals surface area (Å²) in [5, 5.41) is 14.0. The summed E-state index contributed by atoms with van der Waals surface area (Å²) in [6.07, 6.45) is 3.61. The van der Waals surface area contributed by atoms with E-state index >= 15 is 0 Å². The molecule has 0 aliphatic heterocycles. The van der Waals surface area contributed by atoms with Gasteiger partial charge in [0, 0.05) is 34.0 Å². The maximum atomic E-state index is 10.6. The van der Waals surface area contributed by atoms with E-state index in [1.54, 1.807) is 0 Å². The van der Waals surface area contributed by atoms with Gasteiger partial charge in [0.1, 0.15) is 22.8 Å². The Balaban J connectivity index is 1.48. The van der Waals surface area contributed by atoms with Crippen LogP contribution in [0.25, 0.3) is 38.5 Å². The number of nitrogens with zero attached hydrogens (tertiary/aromatic N) is 3. The van der Waals surface area contributed by atoms with E-state index in [0.29, 0.717) is 17.3 Å². The Morgan fingerprint density at radius 2 is 1.64 bits per heavy atom. The van der Waals surface area contributed by atoms with Crippen LogP contribution < -0.4 is 4.74 Å². The van der Waals surface area contributed by atoms with Gasteiger partial charge in [-0.25, -0.2) is 9.97 Å². The molecule has 0 unspecified atom stereocenters. The number of pyridine rings is 2. The van der Waals surface area contributed by atoms with E-state index in [4.69, 9.17) is 9.72 Å². The molecule has 0 amide bonds. The Kier molecular flexibility index (Phi) is 5.37. The van der Waals surface area contributed by atoms with Gasteiger partial charge in [0.15, 0.2) is 0 Å². The molecule has 0 radical (unpaired) electrons. The van der Waals surface area contributed by atoms with E-state index in [0.717, 1.165) is 39.2 Å². The summed E-state index contributed by atoms with van der Waals surface area (Å²) < 4.78 is 8.74. The molecule has 7 rings (SSSR count). The van der Waals surface area contributed by atoms with Gasteiger partial charge in [-0.2, -0.15) is 0 Å². The lowest BCUT2D eigenvalue weighted by Crippen LogP contribution is -2.09.